The van der Waals surface area contributed by atoms with E-state index in [0.717, 1.165) is 49.1 Å². The zero-order chi connectivity index (χ0) is 19.7. The lowest BCUT2D eigenvalue weighted by atomic mass is 10.2. The number of hydrogen-bond acceptors (Lipinski definition) is 7. The summed E-state index contributed by atoms with van der Waals surface area (Å²) in [5.41, 5.74) is 2.07. The van der Waals surface area contributed by atoms with Crippen molar-refractivity contribution < 1.29 is 9.47 Å². The van der Waals surface area contributed by atoms with Gasteiger partial charge in [-0.05, 0) is 36.4 Å². The molecule has 29 heavy (non-hydrogen) atoms. The quantitative estimate of drug-likeness (QED) is 0.572. The van der Waals surface area contributed by atoms with Gasteiger partial charge in [-0.2, -0.15) is 0 Å². The van der Waals surface area contributed by atoms with Crippen LogP contribution < -0.4 is 25.0 Å². The number of nitrogens with one attached hydrogen (secondary N) is 2. The van der Waals surface area contributed by atoms with Gasteiger partial charge in [-0.15, -0.1) is 0 Å². The van der Waals surface area contributed by atoms with Gasteiger partial charge in [0.15, 0.2) is 5.82 Å². The Morgan fingerprint density at radius 2 is 1.52 bits per heavy atom. The van der Waals surface area contributed by atoms with Crippen LogP contribution in [0, 0.1) is 0 Å². The largest absolute Gasteiger partial charge is 0.490 e. The molecular formula is C22H25N5O2. The van der Waals surface area contributed by atoms with Crippen LogP contribution in [0.5, 0.6) is 11.6 Å². The average Bonchev–Trinajstić information content (AvgIpc) is 2.79. The maximum Gasteiger partial charge on any atom is 0.257 e. The number of piperazine rings is 1. The molecule has 1 aliphatic rings. The van der Waals surface area contributed by atoms with Crippen molar-refractivity contribution in [3.63, 3.8) is 0 Å². The van der Waals surface area contributed by atoms with E-state index in [2.05, 4.69) is 25.5 Å². The first-order valence-corrected chi connectivity index (χ1v) is 9.83. The molecule has 0 amide bonds. The Balaban J connectivity index is 1.26. The molecule has 0 atom stereocenters. The molecule has 7 heteroatoms. The summed E-state index contributed by atoms with van der Waals surface area (Å²) in [5.74, 6) is 2.15. The zero-order valence-corrected chi connectivity index (χ0v) is 16.3. The minimum Gasteiger partial charge on any atom is -0.490 e. The third-order valence-corrected chi connectivity index (χ3v) is 4.57. The smallest absolute Gasteiger partial charge is 0.257 e. The van der Waals surface area contributed by atoms with E-state index in [1.54, 1.807) is 12.4 Å². The van der Waals surface area contributed by atoms with Crippen LogP contribution in [0.2, 0.25) is 0 Å². The van der Waals surface area contributed by atoms with E-state index in [1.807, 2.05) is 54.6 Å². The highest BCUT2D eigenvalue weighted by molar-refractivity contribution is 5.60. The normalized spacial score (nSPS) is 13.7. The SMILES string of the molecule is c1ccc(Nc2ccc(OCCOc3nccnc3N3CCNCC3)cc2)cc1. The topological polar surface area (TPSA) is 71.5 Å². The van der Waals surface area contributed by atoms with Gasteiger partial charge in [0.05, 0.1) is 0 Å². The fraction of sp³-hybridized carbons (Fsp3) is 0.273. The van der Waals surface area contributed by atoms with Crippen LogP contribution >= 0.6 is 0 Å². The maximum atomic E-state index is 5.84. The van der Waals surface area contributed by atoms with Crippen molar-refractivity contribution in [2.24, 2.45) is 0 Å². The Hall–Kier alpha value is -3.32. The molecule has 0 radical (unpaired) electrons. The molecule has 0 spiro atoms. The van der Waals surface area contributed by atoms with Crippen LogP contribution in [-0.4, -0.2) is 49.4 Å². The first-order valence-electron chi connectivity index (χ1n) is 9.83. The van der Waals surface area contributed by atoms with Gasteiger partial charge in [0.2, 0.25) is 0 Å². The Labute approximate surface area is 170 Å². The number of hydrogen-bond donors (Lipinski definition) is 2. The molecule has 7 nitrogen and oxygen atoms in total. The van der Waals surface area contributed by atoms with Crippen molar-refractivity contribution in [2.75, 3.05) is 49.6 Å². The first kappa shape index (κ1) is 19.0. The number of nitrogens with zero attached hydrogens (tertiary/aromatic N) is 3. The van der Waals surface area contributed by atoms with Gasteiger partial charge in [-0.3, -0.25) is 0 Å². The van der Waals surface area contributed by atoms with Crippen LogP contribution in [0.25, 0.3) is 0 Å². The van der Waals surface area contributed by atoms with Gasteiger partial charge in [0, 0.05) is 49.9 Å². The zero-order valence-electron chi connectivity index (χ0n) is 16.3. The van der Waals surface area contributed by atoms with E-state index in [9.17, 15) is 0 Å². The Morgan fingerprint density at radius 3 is 2.31 bits per heavy atom. The van der Waals surface area contributed by atoms with Gasteiger partial charge < -0.3 is 25.0 Å². The molecule has 1 saturated heterocycles. The van der Waals surface area contributed by atoms with Crippen LogP contribution in [0.15, 0.2) is 67.0 Å². The predicted octanol–water partition coefficient (Wildman–Crippen LogP) is 3.09. The van der Waals surface area contributed by atoms with Gasteiger partial charge in [0.1, 0.15) is 19.0 Å². The van der Waals surface area contributed by atoms with E-state index in [0.29, 0.717) is 19.1 Å². The monoisotopic (exact) mass is 391 g/mol. The molecule has 2 heterocycles. The Kier molecular flexibility index (Phi) is 6.39. The molecule has 0 bridgehead atoms. The molecule has 1 aromatic heterocycles. The van der Waals surface area contributed by atoms with E-state index in [4.69, 9.17) is 9.47 Å². The molecule has 0 unspecified atom stereocenters. The molecule has 2 N–H and O–H groups in total. The highest BCUT2D eigenvalue weighted by Crippen LogP contribution is 2.23. The Bertz CT molecular complexity index is 883. The maximum absolute atomic E-state index is 5.84. The van der Waals surface area contributed by atoms with Crippen molar-refractivity contribution in [3.05, 3.63) is 67.0 Å². The van der Waals surface area contributed by atoms with Crippen molar-refractivity contribution in [1.82, 2.24) is 15.3 Å². The summed E-state index contributed by atoms with van der Waals surface area (Å²) in [6.07, 6.45) is 3.35. The second kappa shape index (κ2) is 9.75. The molecule has 0 aliphatic carbocycles. The Morgan fingerprint density at radius 1 is 0.828 bits per heavy atom. The van der Waals surface area contributed by atoms with Crippen LogP contribution in [0.4, 0.5) is 17.2 Å². The van der Waals surface area contributed by atoms with Gasteiger partial charge in [-0.1, -0.05) is 18.2 Å². The molecule has 2 aromatic carbocycles. The second-order valence-corrected chi connectivity index (χ2v) is 6.63. The second-order valence-electron chi connectivity index (χ2n) is 6.63. The van der Waals surface area contributed by atoms with Crippen LogP contribution in [-0.2, 0) is 0 Å². The summed E-state index contributed by atoms with van der Waals surface area (Å²) >= 11 is 0. The number of rotatable bonds is 8. The fourth-order valence-corrected chi connectivity index (χ4v) is 3.13. The average molecular weight is 391 g/mol. The summed E-state index contributed by atoms with van der Waals surface area (Å²) in [6, 6.07) is 17.9. The predicted molar refractivity (Wildman–Crippen MR) is 114 cm³/mol. The van der Waals surface area contributed by atoms with E-state index < -0.39 is 0 Å². The lowest BCUT2D eigenvalue weighted by Gasteiger charge is -2.28. The minimum absolute atomic E-state index is 0.405. The standard InChI is InChI=1S/C22H25N5O2/c1-2-4-18(5-3-1)26-19-6-8-20(9-7-19)28-16-17-29-22-21(24-10-11-25-22)27-14-12-23-13-15-27/h1-11,23,26H,12-17H2. The number of benzene rings is 2. The molecule has 1 fully saturated rings. The molecule has 150 valence electrons. The fourth-order valence-electron chi connectivity index (χ4n) is 3.13. The molecular weight excluding hydrogens is 366 g/mol. The van der Waals surface area contributed by atoms with Crippen LogP contribution in [0.3, 0.4) is 0 Å². The number of aromatic nitrogens is 2. The molecule has 1 aliphatic heterocycles. The van der Waals surface area contributed by atoms with E-state index in [1.165, 1.54) is 0 Å². The third-order valence-electron chi connectivity index (χ3n) is 4.57. The summed E-state index contributed by atoms with van der Waals surface area (Å²) in [7, 11) is 0. The third kappa shape index (κ3) is 5.36. The summed E-state index contributed by atoms with van der Waals surface area (Å²) < 4.78 is 11.6. The lowest BCUT2D eigenvalue weighted by molar-refractivity contribution is 0.211. The van der Waals surface area contributed by atoms with Gasteiger partial charge in [-0.25, -0.2) is 9.97 Å². The number of anilines is 3. The van der Waals surface area contributed by atoms with Gasteiger partial charge in [0.25, 0.3) is 5.88 Å². The molecule has 3 aromatic rings. The van der Waals surface area contributed by atoms with Crippen molar-refractivity contribution in [2.45, 2.75) is 0 Å². The van der Waals surface area contributed by atoms with Crippen molar-refractivity contribution in [1.29, 1.82) is 0 Å². The van der Waals surface area contributed by atoms with Crippen LogP contribution in [0.1, 0.15) is 0 Å². The first-order chi connectivity index (χ1) is 14.4. The summed E-state index contributed by atoms with van der Waals surface area (Å²) in [5, 5.41) is 6.69. The van der Waals surface area contributed by atoms with Crippen molar-refractivity contribution >= 4 is 17.2 Å². The molecule has 4 rings (SSSR count). The number of ether oxygens (including phenoxy) is 2. The lowest BCUT2D eigenvalue weighted by Crippen LogP contribution is -2.44. The summed E-state index contributed by atoms with van der Waals surface area (Å²) in [4.78, 5) is 11.0. The highest BCUT2D eigenvalue weighted by Gasteiger charge is 2.17. The highest BCUT2D eigenvalue weighted by atomic mass is 16.5. The van der Waals surface area contributed by atoms with E-state index >= 15 is 0 Å². The molecule has 0 saturated carbocycles. The van der Waals surface area contributed by atoms with Crippen molar-refractivity contribution in [3.8, 4) is 11.6 Å². The van der Waals surface area contributed by atoms with Gasteiger partial charge >= 0.3 is 0 Å². The number of para-hydroxylation sites is 1. The minimum atomic E-state index is 0.405. The van der Waals surface area contributed by atoms with E-state index in [-0.39, 0.29) is 0 Å². The summed E-state index contributed by atoms with van der Waals surface area (Å²) in [6.45, 7) is 4.51.